The van der Waals surface area contributed by atoms with Crippen molar-refractivity contribution in [2.75, 3.05) is 19.6 Å². The molecular formula is C15H22N2O2. The Hall–Kier alpha value is -1.39. The number of rotatable bonds is 4. The lowest BCUT2D eigenvalue weighted by Gasteiger charge is -2.34. The molecule has 1 heterocycles. The van der Waals surface area contributed by atoms with Crippen LogP contribution in [0.1, 0.15) is 19.4 Å². The first kappa shape index (κ1) is 14.0. The van der Waals surface area contributed by atoms with Crippen molar-refractivity contribution in [2.45, 2.75) is 32.6 Å². The zero-order chi connectivity index (χ0) is 13.7. The van der Waals surface area contributed by atoms with Crippen LogP contribution in [0.3, 0.4) is 0 Å². The predicted molar refractivity (Wildman–Crippen MR) is 74.7 cm³/mol. The number of hydrogen-bond acceptors (Lipinski definition) is 3. The zero-order valence-electron chi connectivity index (χ0n) is 11.6. The molecule has 0 radical (unpaired) electrons. The second-order valence-electron chi connectivity index (χ2n) is 5.21. The number of morpholine rings is 1. The molecule has 4 nitrogen and oxygen atoms in total. The number of carbonyl (C=O) groups excluding carboxylic acids is 1. The Kier molecular flexibility index (Phi) is 4.93. The average molecular weight is 262 g/mol. The molecule has 0 spiro atoms. The minimum absolute atomic E-state index is 0.0742. The molecule has 1 aromatic rings. The Bertz CT molecular complexity index is 398. The molecule has 1 aliphatic heterocycles. The first-order chi connectivity index (χ1) is 9.13. The molecule has 1 saturated heterocycles. The molecule has 0 saturated carbocycles. The Morgan fingerprint density at radius 2 is 1.89 bits per heavy atom. The summed E-state index contributed by atoms with van der Waals surface area (Å²) in [5, 5.41) is 2.95. The summed E-state index contributed by atoms with van der Waals surface area (Å²) in [5.41, 5.74) is 1.12. The molecule has 1 aromatic carbocycles. The highest BCUT2D eigenvalue weighted by Gasteiger charge is 2.23. The third kappa shape index (κ3) is 4.65. The van der Waals surface area contributed by atoms with E-state index < -0.39 is 0 Å². The molecule has 0 bridgehead atoms. The third-order valence-electron chi connectivity index (χ3n) is 3.19. The van der Waals surface area contributed by atoms with Gasteiger partial charge in [0, 0.05) is 19.6 Å². The lowest BCUT2D eigenvalue weighted by atomic mass is 10.2. The Balaban J connectivity index is 1.75. The van der Waals surface area contributed by atoms with Crippen molar-refractivity contribution < 1.29 is 9.53 Å². The normalized spacial score (nSPS) is 24.1. The van der Waals surface area contributed by atoms with Crippen molar-refractivity contribution in [1.82, 2.24) is 10.2 Å². The number of amides is 1. The molecule has 104 valence electrons. The van der Waals surface area contributed by atoms with Crippen LogP contribution in [0.4, 0.5) is 0 Å². The van der Waals surface area contributed by atoms with Crippen LogP contribution in [-0.2, 0) is 16.1 Å². The number of carbonyl (C=O) groups is 1. The van der Waals surface area contributed by atoms with Gasteiger partial charge in [0.05, 0.1) is 18.8 Å². The number of benzene rings is 1. The summed E-state index contributed by atoms with van der Waals surface area (Å²) in [4.78, 5) is 14.1. The van der Waals surface area contributed by atoms with Crippen LogP contribution in [0, 0.1) is 0 Å². The fraction of sp³-hybridized carbons (Fsp3) is 0.533. The second kappa shape index (κ2) is 6.68. The predicted octanol–water partition coefficient (Wildman–Crippen LogP) is 1.41. The molecule has 19 heavy (non-hydrogen) atoms. The first-order valence-corrected chi connectivity index (χ1v) is 6.82. The summed E-state index contributed by atoms with van der Waals surface area (Å²) in [6.07, 6.45) is 0.399. The minimum atomic E-state index is 0.0742. The quantitative estimate of drug-likeness (QED) is 0.892. The van der Waals surface area contributed by atoms with E-state index in [1.54, 1.807) is 0 Å². The molecule has 1 N–H and O–H groups in total. The van der Waals surface area contributed by atoms with Crippen molar-refractivity contribution in [3.05, 3.63) is 35.9 Å². The molecule has 0 aliphatic carbocycles. The van der Waals surface area contributed by atoms with E-state index in [0.717, 1.165) is 18.7 Å². The summed E-state index contributed by atoms with van der Waals surface area (Å²) in [5.74, 6) is 0.0742. The van der Waals surface area contributed by atoms with E-state index in [1.165, 1.54) is 0 Å². The highest BCUT2D eigenvalue weighted by Crippen LogP contribution is 2.09. The van der Waals surface area contributed by atoms with Crippen LogP contribution < -0.4 is 5.32 Å². The molecule has 4 heteroatoms. The zero-order valence-corrected chi connectivity index (χ0v) is 11.6. The topological polar surface area (TPSA) is 41.6 Å². The second-order valence-corrected chi connectivity index (χ2v) is 5.21. The molecule has 2 rings (SSSR count). The molecule has 2 atom stereocenters. The van der Waals surface area contributed by atoms with Crippen molar-refractivity contribution in [3.63, 3.8) is 0 Å². The van der Waals surface area contributed by atoms with E-state index in [0.29, 0.717) is 13.1 Å². The van der Waals surface area contributed by atoms with Crippen molar-refractivity contribution in [1.29, 1.82) is 0 Å². The van der Waals surface area contributed by atoms with Gasteiger partial charge in [-0.25, -0.2) is 0 Å². The van der Waals surface area contributed by atoms with Gasteiger partial charge in [-0.05, 0) is 19.4 Å². The largest absolute Gasteiger partial charge is 0.373 e. The van der Waals surface area contributed by atoms with Gasteiger partial charge in [-0.1, -0.05) is 30.3 Å². The molecule has 0 aromatic heterocycles. The van der Waals surface area contributed by atoms with Gasteiger partial charge in [-0.3, -0.25) is 9.69 Å². The average Bonchev–Trinajstić information content (AvgIpc) is 2.36. The number of hydrogen-bond donors (Lipinski definition) is 1. The van der Waals surface area contributed by atoms with E-state index in [4.69, 9.17) is 4.74 Å². The fourth-order valence-corrected chi connectivity index (χ4v) is 2.47. The standard InChI is InChI=1S/C15H22N2O2/c1-12-9-17(10-13(2)19-12)11-15(18)16-8-14-6-4-3-5-7-14/h3-7,12-13H,8-11H2,1-2H3,(H,16,18)/t12-,13-/m0/s1. The number of ether oxygens (including phenoxy) is 1. The molecule has 1 aliphatic rings. The van der Waals surface area contributed by atoms with Gasteiger partial charge < -0.3 is 10.1 Å². The lowest BCUT2D eigenvalue weighted by Crippen LogP contribution is -2.49. The minimum Gasteiger partial charge on any atom is -0.373 e. The van der Waals surface area contributed by atoms with Crippen LogP contribution in [0.15, 0.2) is 30.3 Å². The maximum Gasteiger partial charge on any atom is 0.234 e. The van der Waals surface area contributed by atoms with E-state index in [1.807, 2.05) is 44.2 Å². The van der Waals surface area contributed by atoms with Gasteiger partial charge in [0.25, 0.3) is 0 Å². The summed E-state index contributed by atoms with van der Waals surface area (Å²) < 4.78 is 5.65. The third-order valence-corrected chi connectivity index (χ3v) is 3.19. The van der Waals surface area contributed by atoms with E-state index in [9.17, 15) is 4.79 Å². The highest BCUT2D eigenvalue weighted by molar-refractivity contribution is 5.78. The van der Waals surface area contributed by atoms with Crippen LogP contribution in [0.2, 0.25) is 0 Å². The van der Waals surface area contributed by atoms with Crippen LogP contribution in [0.25, 0.3) is 0 Å². The van der Waals surface area contributed by atoms with Gasteiger partial charge in [0.15, 0.2) is 0 Å². The molecule has 1 amide bonds. The molecular weight excluding hydrogens is 240 g/mol. The summed E-state index contributed by atoms with van der Waals surface area (Å²) in [7, 11) is 0. The number of nitrogens with one attached hydrogen (secondary N) is 1. The maximum absolute atomic E-state index is 11.9. The van der Waals surface area contributed by atoms with Crippen LogP contribution in [-0.4, -0.2) is 42.6 Å². The van der Waals surface area contributed by atoms with Crippen LogP contribution in [0.5, 0.6) is 0 Å². The number of nitrogens with zero attached hydrogens (tertiary/aromatic N) is 1. The Labute approximate surface area is 114 Å². The van der Waals surface area contributed by atoms with Crippen molar-refractivity contribution in [3.8, 4) is 0 Å². The maximum atomic E-state index is 11.9. The van der Waals surface area contributed by atoms with E-state index >= 15 is 0 Å². The van der Waals surface area contributed by atoms with Gasteiger partial charge in [0.1, 0.15) is 0 Å². The van der Waals surface area contributed by atoms with Crippen molar-refractivity contribution >= 4 is 5.91 Å². The van der Waals surface area contributed by atoms with Gasteiger partial charge in [0.2, 0.25) is 5.91 Å². The smallest absolute Gasteiger partial charge is 0.234 e. The van der Waals surface area contributed by atoms with Gasteiger partial charge in [-0.2, -0.15) is 0 Å². The SMILES string of the molecule is C[C@H]1CN(CC(=O)NCc2ccccc2)C[C@H](C)O1. The summed E-state index contributed by atoms with van der Waals surface area (Å²) in [6.45, 7) is 6.78. The summed E-state index contributed by atoms with van der Waals surface area (Å²) in [6, 6.07) is 9.96. The molecule has 0 unspecified atom stereocenters. The first-order valence-electron chi connectivity index (χ1n) is 6.82. The van der Waals surface area contributed by atoms with Gasteiger partial charge in [-0.15, -0.1) is 0 Å². The lowest BCUT2D eigenvalue weighted by molar-refractivity contribution is -0.126. The molecule has 1 fully saturated rings. The van der Waals surface area contributed by atoms with Crippen LogP contribution >= 0.6 is 0 Å². The van der Waals surface area contributed by atoms with Crippen molar-refractivity contribution in [2.24, 2.45) is 0 Å². The van der Waals surface area contributed by atoms with E-state index in [2.05, 4.69) is 10.2 Å². The monoisotopic (exact) mass is 262 g/mol. The summed E-state index contributed by atoms with van der Waals surface area (Å²) >= 11 is 0. The van der Waals surface area contributed by atoms with E-state index in [-0.39, 0.29) is 18.1 Å². The highest BCUT2D eigenvalue weighted by atomic mass is 16.5. The Morgan fingerprint density at radius 3 is 2.53 bits per heavy atom. The fourth-order valence-electron chi connectivity index (χ4n) is 2.47. The Morgan fingerprint density at radius 1 is 1.26 bits per heavy atom. The van der Waals surface area contributed by atoms with Gasteiger partial charge >= 0.3 is 0 Å².